The molecule has 114 valence electrons. The van der Waals surface area contributed by atoms with Crippen molar-refractivity contribution >= 4 is 19.0 Å². The number of Topliss-reactive ketones (excluding diaryl/α,β-unsaturated/α-hetero) is 1. The first-order valence-electron chi connectivity index (χ1n) is 8.23. The predicted molar refractivity (Wildman–Crippen MR) is 91.0 cm³/mol. The maximum absolute atomic E-state index is 12.9. The molecule has 0 aliphatic carbocycles. The van der Waals surface area contributed by atoms with Crippen LogP contribution in [0.25, 0.3) is 0 Å². The summed E-state index contributed by atoms with van der Waals surface area (Å²) in [5.41, 5.74) is 0.948. The van der Waals surface area contributed by atoms with Gasteiger partial charge < -0.3 is 4.90 Å². The lowest BCUT2D eigenvalue weighted by Gasteiger charge is -2.35. The molecule has 0 saturated carbocycles. The number of rotatable bonds is 3. The van der Waals surface area contributed by atoms with E-state index < -0.39 is 8.07 Å². The first-order chi connectivity index (χ1) is 9.86. The van der Waals surface area contributed by atoms with Gasteiger partial charge in [-0.2, -0.15) is 0 Å². The topological polar surface area (TPSA) is 20.3 Å². The summed E-state index contributed by atoms with van der Waals surface area (Å²) < 4.78 is 0. The highest BCUT2D eigenvalue weighted by Gasteiger charge is 2.41. The fourth-order valence-corrected chi connectivity index (χ4v) is 5.18. The summed E-state index contributed by atoms with van der Waals surface area (Å²) in [7, 11) is 0.885. The van der Waals surface area contributed by atoms with Gasteiger partial charge in [0.25, 0.3) is 0 Å². The SMILES string of the molecule is CN1C2CCC1CC(C(=O)c1cccc([Si](C)(C)C)c1)C2. The molecule has 0 aromatic heterocycles. The van der Waals surface area contributed by atoms with E-state index in [4.69, 9.17) is 0 Å². The normalized spacial score (nSPS) is 29.6. The lowest BCUT2D eigenvalue weighted by Crippen LogP contribution is -2.42. The number of hydrogen-bond acceptors (Lipinski definition) is 2. The standard InChI is InChI=1S/C18H27NOSi/c1-19-15-8-9-16(19)11-14(10-15)18(20)13-6-5-7-17(12-13)21(2,3)4/h5-7,12,14-16H,8-11H2,1-4H3. The lowest BCUT2D eigenvalue weighted by molar-refractivity contribution is 0.0767. The molecule has 0 radical (unpaired) electrons. The summed E-state index contributed by atoms with van der Waals surface area (Å²) in [4.78, 5) is 15.4. The molecular weight excluding hydrogens is 274 g/mol. The lowest BCUT2D eigenvalue weighted by atomic mass is 9.85. The first-order valence-corrected chi connectivity index (χ1v) is 11.7. The quantitative estimate of drug-likeness (QED) is 0.631. The van der Waals surface area contributed by atoms with Crippen LogP contribution in [0, 0.1) is 5.92 Å². The number of hydrogen-bond donors (Lipinski definition) is 0. The molecule has 1 aromatic carbocycles. The smallest absolute Gasteiger partial charge is 0.166 e. The van der Waals surface area contributed by atoms with Crippen molar-refractivity contribution in [1.82, 2.24) is 4.90 Å². The Morgan fingerprint density at radius 3 is 2.33 bits per heavy atom. The van der Waals surface area contributed by atoms with Crippen LogP contribution < -0.4 is 5.19 Å². The van der Waals surface area contributed by atoms with E-state index in [2.05, 4.69) is 49.8 Å². The molecule has 0 amide bonds. The highest BCUT2D eigenvalue weighted by molar-refractivity contribution is 6.88. The van der Waals surface area contributed by atoms with E-state index in [1.165, 1.54) is 18.0 Å². The summed E-state index contributed by atoms with van der Waals surface area (Å²) in [6.07, 6.45) is 4.67. The summed E-state index contributed by atoms with van der Waals surface area (Å²) >= 11 is 0. The first kappa shape index (κ1) is 15.0. The average Bonchev–Trinajstić information content (AvgIpc) is 2.66. The molecule has 2 nitrogen and oxygen atoms in total. The van der Waals surface area contributed by atoms with Crippen LogP contribution in [0.3, 0.4) is 0 Å². The Balaban J connectivity index is 1.80. The number of fused-ring (bicyclic) bond motifs is 2. The predicted octanol–water partition coefficient (Wildman–Crippen LogP) is 3.29. The molecule has 0 spiro atoms. The van der Waals surface area contributed by atoms with Gasteiger partial charge in [0.15, 0.2) is 5.78 Å². The Kier molecular flexibility index (Phi) is 3.83. The number of nitrogens with zero attached hydrogens (tertiary/aromatic N) is 1. The summed E-state index contributed by atoms with van der Waals surface area (Å²) in [6.45, 7) is 7.02. The number of benzene rings is 1. The van der Waals surface area contributed by atoms with Crippen LogP contribution in [-0.4, -0.2) is 37.9 Å². The Morgan fingerprint density at radius 2 is 1.76 bits per heavy atom. The molecule has 2 unspecified atom stereocenters. The summed E-state index contributed by atoms with van der Waals surface area (Å²) in [5.74, 6) is 0.635. The van der Waals surface area contributed by atoms with E-state index in [1.807, 2.05) is 6.07 Å². The summed E-state index contributed by atoms with van der Waals surface area (Å²) in [6, 6.07) is 9.74. The maximum Gasteiger partial charge on any atom is 0.166 e. The van der Waals surface area contributed by atoms with Gasteiger partial charge in [0.05, 0.1) is 8.07 Å². The van der Waals surface area contributed by atoms with Gasteiger partial charge in [-0.1, -0.05) is 49.1 Å². The highest BCUT2D eigenvalue weighted by Crippen LogP contribution is 2.38. The van der Waals surface area contributed by atoms with Crippen LogP contribution in [0.1, 0.15) is 36.0 Å². The van der Waals surface area contributed by atoms with Crippen molar-refractivity contribution in [2.75, 3.05) is 7.05 Å². The third-order valence-corrected chi connectivity index (χ3v) is 7.53. The van der Waals surface area contributed by atoms with E-state index in [-0.39, 0.29) is 5.92 Å². The molecule has 2 fully saturated rings. The second-order valence-electron chi connectivity index (χ2n) is 7.91. The van der Waals surface area contributed by atoms with E-state index in [9.17, 15) is 4.79 Å². The summed E-state index contributed by atoms with van der Waals surface area (Å²) in [5, 5.41) is 1.39. The van der Waals surface area contributed by atoms with Crippen LogP contribution in [0.4, 0.5) is 0 Å². The zero-order chi connectivity index (χ0) is 15.2. The van der Waals surface area contributed by atoms with Gasteiger partial charge in [-0.15, -0.1) is 0 Å². The Hall–Kier alpha value is -0.933. The van der Waals surface area contributed by atoms with Crippen molar-refractivity contribution in [3.63, 3.8) is 0 Å². The van der Waals surface area contributed by atoms with Gasteiger partial charge in [-0.05, 0) is 32.7 Å². The average molecular weight is 302 g/mol. The van der Waals surface area contributed by atoms with Crippen LogP contribution in [0.2, 0.25) is 19.6 Å². The van der Waals surface area contributed by atoms with Crippen molar-refractivity contribution in [2.45, 2.75) is 57.4 Å². The maximum atomic E-state index is 12.9. The van der Waals surface area contributed by atoms with Crippen LogP contribution in [0.15, 0.2) is 24.3 Å². The van der Waals surface area contributed by atoms with Crippen LogP contribution in [0.5, 0.6) is 0 Å². The van der Waals surface area contributed by atoms with E-state index in [0.717, 1.165) is 18.4 Å². The number of piperidine rings is 1. The molecule has 3 rings (SSSR count). The second kappa shape index (κ2) is 5.36. The molecule has 2 aliphatic rings. The second-order valence-corrected chi connectivity index (χ2v) is 13.0. The zero-order valence-corrected chi connectivity index (χ0v) is 14.7. The molecule has 2 bridgehead atoms. The number of carbonyl (C=O) groups is 1. The van der Waals surface area contributed by atoms with Crippen molar-refractivity contribution in [3.8, 4) is 0 Å². The van der Waals surface area contributed by atoms with Gasteiger partial charge >= 0.3 is 0 Å². The van der Waals surface area contributed by atoms with Crippen molar-refractivity contribution in [3.05, 3.63) is 29.8 Å². The van der Waals surface area contributed by atoms with Gasteiger partial charge in [-0.3, -0.25) is 4.79 Å². The highest BCUT2D eigenvalue weighted by atomic mass is 28.3. The van der Waals surface area contributed by atoms with Crippen molar-refractivity contribution < 1.29 is 4.79 Å². The van der Waals surface area contributed by atoms with Crippen molar-refractivity contribution in [1.29, 1.82) is 0 Å². The molecule has 2 atom stereocenters. The fraction of sp³-hybridized carbons (Fsp3) is 0.611. The zero-order valence-electron chi connectivity index (χ0n) is 13.7. The van der Waals surface area contributed by atoms with Gasteiger partial charge in [0, 0.05) is 23.6 Å². The monoisotopic (exact) mass is 301 g/mol. The molecule has 2 saturated heterocycles. The van der Waals surface area contributed by atoms with E-state index >= 15 is 0 Å². The third kappa shape index (κ3) is 2.86. The van der Waals surface area contributed by atoms with Gasteiger partial charge in [0.2, 0.25) is 0 Å². The fourth-order valence-electron chi connectivity index (χ4n) is 4.00. The minimum absolute atomic E-state index is 0.246. The molecular formula is C18H27NOSi. The Bertz CT molecular complexity index is 534. The van der Waals surface area contributed by atoms with Crippen LogP contribution >= 0.6 is 0 Å². The minimum Gasteiger partial charge on any atom is -0.300 e. The Morgan fingerprint density at radius 1 is 1.14 bits per heavy atom. The molecule has 1 aromatic rings. The van der Waals surface area contributed by atoms with Gasteiger partial charge in [-0.25, -0.2) is 0 Å². The molecule has 3 heteroatoms. The van der Waals surface area contributed by atoms with E-state index in [0.29, 0.717) is 17.9 Å². The molecule has 2 heterocycles. The molecule has 2 aliphatic heterocycles. The third-order valence-electron chi connectivity index (χ3n) is 5.48. The minimum atomic E-state index is -1.35. The van der Waals surface area contributed by atoms with Gasteiger partial charge in [0.1, 0.15) is 0 Å². The van der Waals surface area contributed by atoms with E-state index in [1.54, 1.807) is 0 Å². The molecule has 21 heavy (non-hydrogen) atoms. The largest absolute Gasteiger partial charge is 0.300 e. The van der Waals surface area contributed by atoms with Crippen molar-refractivity contribution in [2.24, 2.45) is 5.92 Å². The number of ketones is 1. The van der Waals surface area contributed by atoms with Crippen LogP contribution in [-0.2, 0) is 0 Å². The number of carbonyl (C=O) groups excluding carboxylic acids is 1. The Labute approximate surface area is 129 Å². The molecule has 0 N–H and O–H groups in total.